The lowest BCUT2D eigenvalue weighted by Crippen LogP contribution is -2.33. The molecule has 0 aliphatic rings. The minimum atomic E-state index is 0. The zero-order valence-corrected chi connectivity index (χ0v) is 23.1. The van der Waals surface area contributed by atoms with E-state index in [9.17, 15) is 4.79 Å². The number of aromatic nitrogens is 1. The molecule has 34 heavy (non-hydrogen) atoms. The number of carbonyl (C=O) groups excluding carboxylic acids is 1. The van der Waals surface area contributed by atoms with Gasteiger partial charge in [0, 0.05) is 17.9 Å². The number of anilines is 1. The van der Waals surface area contributed by atoms with E-state index in [0.29, 0.717) is 34.4 Å². The van der Waals surface area contributed by atoms with Crippen LogP contribution in [0.1, 0.15) is 19.3 Å². The van der Waals surface area contributed by atoms with E-state index >= 15 is 0 Å². The lowest BCUT2D eigenvalue weighted by Gasteiger charge is -2.21. The molecule has 0 unspecified atom stereocenters. The number of rotatable bonds is 12. The molecule has 3 aromatic rings. The fourth-order valence-corrected chi connectivity index (χ4v) is 5.47. The van der Waals surface area contributed by atoms with E-state index in [2.05, 4.69) is 4.90 Å². The monoisotopic (exact) mass is 543 g/mol. The van der Waals surface area contributed by atoms with Gasteiger partial charge in [0.05, 0.1) is 23.9 Å². The van der Waals surface area contributed by atoms with Crippen molar-refractivity contribution in [1.82, 2.24) is 9.88 Å². The molecule has 0 saturated heterocycles. The van der Waals surface area contributed by atoms with E-state index in [0.717, 1.165) is 35.6 Å². The van der Waals surface area contributed by atoms with E-state index in [-0.39, 0.29) is 18.3 Å². The van der Waals surface area contributed by atoms with Crippen LogP contribution < -0.4 is 14.4 Å². The summed E-state index contributed by atoms with van der Waals surface area (Å²) in [5.41, 5.74) is 0.700. The number of methoxy groups -OCH3 is 2. The Hall–Kier alpha value is -1.71. The molecule has 1 amide bonds. The number of thioether (sulfide) groups is 1. The van der Waals surface area contributed by atoms with E-state index < -0.39 is 0 Å². The Morgan fingerprint density at radius 1 is 1.06 bits per heavy atom. The summed E-state index contributed by atoms with van der Waals surface area (Å²) in [4.78, 5) is 23.0. The zero-order valence-electron chi connectivity index (χ0n) is 19.9. The van der Waals surface area contributed by atoms with Gasteiger partial charge in [-0.1, -0.05) is 22.9 Å². The van der Waals surface area contributed by atoms with Crippen molar-refractivity contribution < 1.29 is 14.3 Å². The van der Waals surface area contributed by atoms with Gasteiger partial charge in [0.15, 0.2) is 5.13 Å². The number of carbonyl (C=O) groups is 1. The van der Waals surface area contributed by atoms with Gasteiger partial charge in [-0.15, -0.1) is 24.2 Å². The number of thiazole rings is 1. The second-order valence-corrected chi connectivity index (χ2v) is 10.3. The van der Waals surface area contributed by atoms with Gasteiger partial charge < -0.3 is 14.4 Å². The lowest BCUT2D eigenvalue weighted by molar-refractivity contribution is -0.118. The largest absolute Gasteiger partial charge is 0.497 e. The van der Waals surface area contributed by atoms with Crippen LogP contribution in [0.3, 0.4) is 0 Å². The molecule has 2 aromatic carbocycles. The molecule has 0 atom stereocenters. The van der Waals surface area contributed by atoms with E-state index in [1.54, 1.807) is 32.0 Å². The molecule has 0 radical (unpaired) electrons. The molecule has 0 N–H and O–H groups in total. The van der Waals surface area contributed by atoms with Crippen molar-refractivity contribution in [3.8, 4) is 11.5 Å². The maximum atomic E-state index is 13.2. The molecular weight excluding hydrogens is 513 g/mol. The molecule has 0 bridgehead atoms. The Bertz CT molecular complexity index is 1060. The van der Waals surface area contributed by atoms with Crippen LogP contribution in [0.25, 0.3) is 10.2 Å². The van der Waals surface area contributed by atoms with Crippen molar-refractivity contribution >= 4 is 68.4 Å². The van der Waals surface area contributed by atoms with Gasteiger partial charge in [0.2, 0.25) is 5.91 Å². The number of hydrogen-bond acceptors (Lipinski definition) is 7. The zero-order chi connectivity index (χ0) is 23.8. The van der Waals surface area contributed by atoms with Crippen LogP contribution in [0, 0.1) is 0 Å². The third kappa shape index (κ3) is 7.65. The van der Waals surface area contributed by atoms with Crippen LogP contribution in [0.4, 0.5) is 5.13 Å². The number of amides is 1. The third-order valence-electron chi connectivity index (χ3n) is 5.05. The average Bonchev–Trinajstić information content (AvgIpc) is 3.26. The third-order valence-corrected chi connectivity index (χ3v) is 7.69. The number of fused-ring (bicyclic) bond motifs is 1. The van der Waals surface area contributed by atoms with Gasteiger partial charge in [0.25, 0.3) is 0 Å². The standard InChI is InChI=1S/C24H30ClN3O3S2.ClH/c1-27(2)14-6-15-28(24-26-22-20(31-4)13-12-19(25)23(22)33-24)21(29)7-5-16-32-18-10-8-17(30-3)9-11-18;/h8-13H,5-7,14-16H2,1-4H3;1H. The van der Waals surface area contributed by atoms with Crippen molar-refractivity contribution in [1.29, 1.82) is 0 Å². The summed E-state index contributed by atoms with van der Waals surface area (Å²) >= 11 is 9.58. The first-order chi connectivity index (χ1) is 15.9. The van der Waals surface area contributed by atoms with E-state index in [1.807, 2.05) is 49.3 Å². The number of hydrogen-bond donors (Lipinski definition) is 0. The number of halogens is 2. The van der Waals surface area contributed by atoms with Crippen molar-refractivity contribution in [2.75, 3.05) is 52.1 Å². The van der Waals surface area contributed by atoms with Gasteiger partial charge in [-0.2, -0.15) is 0 Å². The van der Waals surface area contributed by atoms with Crippen LogP contribution in [0.5, 0.6) is 11.5 Å². The first-order valence-corrected chi connectivity index (χ1v) is 13.0. The molecule has 186 valence electrons. The Labute approximate surface area is 221 Å². The van der Waals surface area contributed by atoms with Crippen molar-refractivity contribution in [3.05, 3.63) is 41.4 Å². The van der Waals surface area contributed by atoms with Gasteiger partial charge in [-0.05, 0) is 75.6 Å². The summed E-state index contributed by atoms with van der Waals surface area (Å²) in [5, 5.41) is 1.29. The van der Waals surface area contributed by atoms with Gasteiger partial charge in [0.1, 0.15) is 17.0 Å². The molecule has 0 aliphatic carbocycles. The number of ether oxygens (including phenoxy) is 2. The highest BCUT2D eigenvalue weighted by molar-refractivity contribution is 7.99. The van der Waals surface area contributed by atoms with Crippen LogP contribution >= 0.6 is 47.1 Å². The molecular formula is C24H31Cl2N3O3S2. The van der Waals surface area contributed by atoms with Gasteiger partial charge in [-0.25, -0.2) is 4.98 Å². The molecule has 3 rings (SSSR count). The smallest absolute Gasteiger partial charge is 0.228 e. The van der Waals surface area contributed by atoms with E-state index in [4.69, 9.17) is 26.1 Å². The van der Waals surface area contributed by atoms with Crippen LogP contribution in [0.2, 0.25) is 5.02 Å². The molecule has 10 heteroatoms. The average molecular weight is 545 g/mol. The summed E-state index contributed by atoms with van der Waals surface area (Å²) in [6.07, 6.45) is 2.11. The maximum Gasteiger partial charge on any atom is 0.228 e. The van der Waals surface area contributed by atoms with Crippen LogP contribution in [-0.2, 0) is 4.79 Å². The van der Waals surface area contributed by atoms with Crippen molar-refractivity contribution in [3.63, 3.8) is 0 Å². The predicted molar refractivity (Wildman–Crippen MR) is 147 cm³/mol. The number of nitrogens with zero attached hydrogens (tertiary/aromatic N) is 3. The minimum absolute atomic E-state index is 0. The Morgan fingerprint density at radius 2 is 1.79 bits per heavy atom. The topological polar surface area (TPSA) is 54.9 Å². The predicted octanol–water partition coefficient (Wildman–Crippen LogP) is 6.25. The van der Waals surface area contributed by atoms with Crippen molar-refractivity contribution in [2.45, 2.75) is 24.2 Å². The summed E-state index contributed by atoms with van der Waals surface area (Å²) < 4.78 is 11.5. The minimum Gasteiger partial charge on any atom is -0.497 e. The first-order valence-electron chi connectivity index (χ1n) is 10.8. The summed E-state index contributed by atoms with van der Waals surface area (Å²) in [6.45, 7) is 1.51. The highest BCUT2D eigenvalue weighted by atomic mass is 35.5. The molecule has 0 spiro atoms. The van der Waals surface area contributed by atoms with Gasteiger partial charge >= 0.3 is 0 Å². The fourth-order valence-electron chi connectivity index (χ4n) is 3.31. The van der Waals surface area contributed by atoms with Crippen LogP contribution in [-0.4, -0.2) is 62.9 Å². The second-order valence-electron chi connectivity index (χ2n) is 7.75. The summed E-state index contributed by atoms with van der Waals surface area (Å²) in [5.74, 6) is 2.45. The Morgan fingerprint density at radius 3 is 2.44 bits per heavy atom. The normalized spacial score (nSPS) is 10.9. The summed E-state index contributed by atoms with van der Waals surface area (Å²) in [6, 6.07) is 11.6. The molecule has 1 aromatic heterocycles. The van der Waals surface area contributed by atoms with Crippen LogP contribution in [0.15, 0.2) is 41.3 Å². The molecule has 0 aliphatic heterocycles. The summed E-state index contributed by atoms with van der Waals surface area (Å²) in [7, 11) is 7.34. The molecule has 6 nitrogen and oxygen atoms in total. The first kappa shape index (κ1) is 28.5. The second kappa shape index (κ2) is 14.0. The number of benzene rings is 2. The fraction of sp³-hybridized carbons (Fsp3) is 0.417. The highest BCUT2D eigenvalue weighted by Crippen LogP contribution is 2.39. The van der Waals surface area contributed by atoms with Crippen molar-refractivity contribution in [2.24, 2.45) is 0 Å². The quantitative estimate of drug-likeness (QED) is 0.199. The Kier molecular flexibility index (Phi) is 11.7. The Balaban J connectivity index is 0.00000408. The lowest BCUT2D eigenvalue weighted by atomic mass is 10.3. The van der Waals surface area contributed by atoms with Gasteiger partial charge in [-0.3, -0.25) is 9.69 Å². The molecule has 0 saturated carbocycles. The SMILES string of the molecule is COc1ccc(SCCCC(=O)N(CCCN(C)C)c2nc3c(OC)ccc(Cl)c3s2)cc1.Cl. The highest BCUT2D eigenvalue weighted by Gasteiger charge is 2.21. The maximum absolute atomic E-state index is 13.2. The van der Waals surface area contributed by atoms with E-state index in [1.165, 1.54) is 16.2 Å². The molecule has 1 heterocycles. The molecule has 0 fully saturated rings.